The predicted octanol–water partition coefficient (Wildman–Crippen LogP) is 0.146. The minimum absolute atomic E-state index is 0.128. The van der Waals surface area contributed by atoms with Crippen molar-refractivity contribution in [3.8, 4) is 6.07 Å². The second-order valence-corrected chi connectivity index (χ2v) is 4.21. The van der Waals surface area contributed by atoms with Crippen molar-refractivity contribution in [3.05, 3.63) is 0 Å². The first kappa shape index (κ1) is 12.9. The van der Waals surface area contributed by atoms with E-state index in [2.05, 4.69) is 6.07 Å². The first-order valence-corrected chi connectivity index (χ1v) is 5.50. The molecule has 0 saturated carbocycles. The van der Waals surface area contributed by atoms with Crippen LogP contribution in [-0.2, 0) is 9.53 Å². The molecule has 1 heterocycles. The van der Waals surface area contributed by atoms with E-state index in [4.69, 9.17) is 15.1 Å². The summed E-state index contributed by atoms with van der Waals surface area (Å²) in [6, 6.07) is 1.74. The summed E-state index contributed by atoms with van der Waals surface area (Å²) < 4.78 is 5.20. The van der Waals surface area contributed by atoms with E-state index in [1.54, 1.807) is 11.8 Å². The number of hydrogen-bond acceptors (Lipinski definition) is 4. The fraction of sp³-hybridized carbons (Fsp3) is 0.818. The molecule has 1 amide bonds. The van der Waals surface area contributed by atoms with E-state index in [1.165, 1.54) is 0 Å². The molecule has 0 aliphatic carbocycles. The van der Waals surface area contributed by atoms with E-state index in [0.29, 0.717) is 26.2 Å². The molecular formula is C11H18N2O3. The Bertz CT molecular complexity index is 300. The van der Waals surface area contributed by atoms with E-state index in [9.17, 15) is 4.79 Å². The van der Waals surface area contributed by atoms with Crippen molar-refractivity contribution in [2.45, 2.75) is 26.3 Å². The van der Waals surface area contributed by atoms with Crippen LogP contribution >= 0.6 is 0 Å². The highest BCUT2D eigenvalue weighted by Gasteiger charge is 2.39. The Kier molecular flexibility index (Phi) is 4.27. The lowest BCUT2D eigenvalue weighted by atomic mass is 9.87. The second-order valence-electron chi connectivity index (χ2n) is 4.21. The quantitative estimate of drug-likeness (QED) is 0.743. The van der Waals surface area contributed by atoms with Crippen LogP contribution in [0.3, 0.4) is 0 Å². The molecule has 5 heteroatoms. The number of carbonyl (C=O) groups excluding carboxylic acids is 1. The van der Waals surface area contributed by atoms with Gasteiger partial charge in [0.1, 0.15) is 5.41 Å². The Labute approximate surface area is 95.6 Å². The van der Waals surface area contributed by atoms with Gasteiger partial charge in [-0.1, -0.05) is 6.92 Å². The SMILES string of the molecule is CCC(C)(C#N)C(=O)N1CCOCC1CO. The van der Waals surface area contributed by atoms with Gasteiger partial charge < -0.3 is 14.7 Å². The average molecular weight is 226 g/mol. The van der Waals surface area contributed by atoms with Crippen LogP contribution in [0.1, 0.15) is 20.3 Å². The number of ether oxygens (including phenoxy) is 1. The summed E-state index contributed by atoms with van der Waals surface area (Å²) in [6.07, 6.45) is 0.470. The van der Waals surface area contributed by atoms with Crippen LogP contribution in [0.25, 0.3) is 0 Å². The van der Waals surface area contributed by atoms with Crippen LogP contribution in [-0.4, -0.2) is 48.3 Å². The van der Waals surface area contributed by atoms with Crippen LogP contribution in [0, 0.1) is 16.7 Å². The van der Waals surface area contributed by atoms with Gasteiger partial charge in [-0.15, -0.1) is 0 Å². The average Bonchev–Trinajstić information content (AvgIpc) is 2.36. The summed E-state index contributed by atoms with van der Waals surface area (Å²) in [5.41, 5.74) is -0.995. The Morgan fingerprint density at radius 2 is 2.44 bits per heavy atom. The Balaban J connectivity index is 2.82. The first-order valence-electron chi connectivity index (χ1n) is 5.50. The van der Waals surface area contributed by atoms with Crippen molar-refractivity contribution in [3.63, 3.8) is 0 Å². The molecule has 1 rings (SSSR count). The van der Waals surface area contributed by atoms with Gasteiger partial charge in [0, 0.05) is 6.54 Å². The molecule has 0 spiro atoms. The molecule has 1 N–H and O–H groups in total. The largest absolute Gasteiger partial charge is 0.394 e. The number of morpholine rings is 1. The van der Waals surface area contributed by atoms with E-state index < -0.39 is 5.41 Å². The molecule has 1 aliphatic heterocycles. The van der Waals surface area contributed by atoms with E-state index in [0.717, 1.165) is 0 Å². The number of hydrogen-bond donors (Lipinski definition) is 1. The van der Waals surface area contributed by atoms with Gasteiger partial charge in [0.05, 0.1) is 31.9 Å². The zero-order chi connectivity index (χ0) is 12.2. The lowest BCUT2D eigenvalue weighted by Gasteiger charge is -2.38. The van der Waals surface area contributed by atoms with Crippen molar-refractivity contribution in [1.82, 2.24) is 4.90 Å². The van der Waals surface area contributed by atoms with Crippen LogP contribution < -0.4 is 0 Å². The number of rotatable bonds is 3. The number of nitriles is 1. The molecule has 0 radical (unpaired) electrons. The molecular weight excluding hydrogens is 208 g/mol. The molecule has 0 aromatic heterocycles. The molecule has 2 unspecified atom stereocenters. The Morgan fingerprint density at radius 1 is 1.75 bits per heavy atom. The molecule has 0 aromatic rings. The summed E-state index contributed by atoms with van der Waals surface area (Å²) in [4.78, 5) is 13.8. The lowest BCUT2D eigenvalue weighted by molar-refractivity contribution is -0.149. The maximum Gasteiger partial charge on any atom is 0.243 e. The van der Waals surface area contributed by atoms with Gasteiger partial charge in [0.15, 0.2) is 0 Å². The third-order valence-electron chi connectivity index (χ3n) is 3.13. The number of nitrogens with zero attached hydrogens (tertiary/aromatic N) is 2. The summed E-state index contributed by atoms with van der Waals surface area (Å²) in [6.45, 7) is 4.58. The van der Waals surface area contributed by atoms with Crippen molar-refractivity contribution in [2.24, 2.45) is 5.41 Å². The molecule has 90 valence electrons. The monoisotopic (exact) mass is 226 g/mol. The normalized spacial score (nSPS) is 24.6. The van der Waals surface area contributed by atoms with Crippen molar-refractivity contribution < 1.29 is 14.6 Å². The zero-order valence-corrected chi connectivity index (χ0v) is 9.77. The predicted molar refractivity (Wildman–Crippen MR) is 57.4 cm³/mol. The van der Waals surface area contributed by atoms with Crippen LogP contribution in [0.15, 0.2) is 0 Å². The van der Waals surface area contributed by atoms with E-state index in [1.807, 2.05) is 6.92 Å². The number of aliphatic hydroxyl groups is 1. The van der Waals surface area contributed by atoms with Crippen LogP contribution in [0.4, 0.5) is 0 Å². The summed E-state index contributed by atoms with van der Waals surface area (Å²) in [7, 11) is 0. The third kappa shape index (κ3) is 2.34. The van der Waals surface area contributed by atoms with E-state index >= 15 is 0 Å². The highest BCUT2D eigenvalue weighted by atomic mass is 16.5. The number of carbonyl (C=O) groups is 1. The number of amides is 1. The standard InChI is InChI=1S/C11H18N2O3/c1-3-11(2,8-12)10(15)13-4-5-16-7-9(13)6-14/h9,14H,3-7H2,1-2H3. The van der Waals surface area contributed by atoms with Gasteiger partial charge in [-0.2, -0.15) is 5.26 Å². The first-order chi connectivity index (χ1) is 7.59. The zero-order valence-electron chi connectivity index (χ0n) is 9.77. The fourth-order valence-electron chi connectivity index (χ4n) is 1.67. The van der Waals surface area contributed by atoms with Gasteiger partial charge in [-0.25, -0.2) is 0 Å². The van der Waals surface area contributed by atoms with Crippen LogP contribution in [0.2, 0.25) is 0 Å². The van der Waals surface area contributed by atoms with Crippen molar-refractivity contribution in [1.29, 1.82) is 5.26 Å². The van der Waals surface area contributed by atoms with Gasteiger partial charge in [-0.05, 0) is 13.3 Å². The molecule has 5 nitrogen and oxygen atoms in total. The maximum absolute atomic E-state index is 12.2. The molecule has 16 heavy (non-hydrogen) atoms. The number of aliphatic hydroxyl groups excluding tert-OH is 1. The molecule has 0 aromatic carbocycles. The Hall–Kier alpha value is -1.12. The van der Waals surface area contributed by atoms with Crippen molar-refractivity contribution in [2.75, 3.05) is 26.4 Å². The van der Waals surface area contributed by atoms with Crippen LogP contribution in [0.5, 0.6) is 0 Å². The van der Waals surface area contributed by atoms with Gasteiger partial charge >= 0.3 is 0 Å². The molecule has 2 atom stereocenters. The molecule has 1 saturated heterocycles. The highest BCUT2D eigenvalue weighted by molar-refractivity contribution is 5.85. The third-order valence-corrected chi connectivity index (χ3v) is 3.13. The minimum atomic E-state index is -0.995. The topological polar surface area (TPSA) is 73.6 Å². The molecule has 1 aliphatic rings. The maximum atomic E-state index is 12.2. The fourth-order valence-corrected chi connectivity index (χ4v) is 1.67. The lowest BCUT2D eigenvalue weighted by Crippen LogP contribution is -2.54. The summed E-state index contributed by atoms with van der Waals surface area (Å²) >= 11 is 0. The molecule has 0 bridgehead atoms. The van der Waals surface area contributed by atoms with Gasteiger partial charge in [0.25, 0.3) is 0 Å². The minimum Gasteiger partial charge on any atom is -0.394 e. The van der Waals surface area contributed by atoms with Crippen molar-refractivity contribution >= 4 is 5.91 Å². The van der Waals surface area contributed by atoms with Gasteiger partial charge in [-0.3, -0.25) is 4.79 Å². The highest BCUT2D eigenvalue weighted by Crippen LogP contribution is 2.25. The second kappa shape index (κ2) is 5.28. The van der Waals surface area contributed by atoms with Gasteiger partial charge in [0.2, 0.25) is 5.91 Å². The molecule has 1 fully saturated rings. The Morgan fingerprint density at radius 3 is 2.94 bits per heavy atom. The summed E-state index contributed by atoms with van der Waals surface area (Å²) in [5.74, 6) is -0.208. The van der Waals surface area contributed by atoms with E-state index in [-0.39, 0.29) is 18.6 Å². The summed E-state index contributed by atoms with van der Waals surface area (Å²) in [5, 5.41) is 18.2. The smallest absolute Gasteiger partial charge is 0.243 e.